The number of benzene rings is 1. The van der Waals surface area contributed by atoms with E-state index in [-0.39, 0.29) is 0 Å². The van der Waals surface area contributed by atoms with Gasteiger partial charge in [-0.2, -0.15) is 0 Å². The highest BCUT2D eigenvalue weighted by Crippen LogP contribution is 2.24. The molecule has 2 rings (SSSR count). The minimum absolute atomic E-state index is 0.696. The van der Waals surface area contributed by atoms with E-state index in [0.717, 1.165) is 12.8 Å². The number of nitrogen functional groups attached to an aromatic ring is 1. The van der Waals surface area contributed by atoms with Crippen LogP contribution in [-0.2, 0) is 12.8 Å². The van der Waals surface area contributed by atoms with Gasteiger partial charge in [0, 0.05) is 11.3 Å². The molecule has 1 aromatic carbocycles. The third-order valence-electron chi connectivity index (χ3n) is 2.77. The number of rotatable bonds is 5. The molecule has 17 heavy (non-hydrogen) atoms. The van der Waals surface area contributed by atoms with Gasteiger partial charge >= 0.3 is 0 Å². The first-order chi connectivity index (χ1) is 8.29. The number of nitrogens with zero attached hydrogens (tertiary/aromatic N) is 1. The summed E-state index contributed by atoms with van der Waals surface area (Å²) in [6, 6.07) is 10.5. The molecule has 1 aromatic heterocycles. The average molecular weight is 246 g/mol. The number of hydrogen-bond donors (Lipinski definition) is 1. The Morgan fingerprint density at radius 3 is 2.71 bits per heavy atom. The molecule has 0 atom stereocenters. The summed E-state index contributed by atoms with van der Waals surface area (Å²) in [7, 11) is 0. The van der Waals surface area contributed by atoms with Crippen molar-refractivity contribution in [2.45, 2.75) is 32.6 Å². The van der Waals surface area contributed by atoms with Crippen LogP contribution in [0.5, 0.6) is 0 Å². The maximum atomic E-state index is 5.81. The summed E-state index contributed by atoms with van der Waals surface area (Å²) in [4.78, 5) is 5.76. The van der Waals surface area contributed by atoms with Crippen LogP contribution < -0.4 is 5.73 Å². The van der Waals surface area contributed by atoms with Crippen LogP contribution in [0.3, 0.4) is 0 Å². The van der Waals surface area contributed by atoms with Gasteiger partial charge in [-0.05, 0) is 18.4 Å². The number of thiazole rings is 1. The molecule has 3 heteroatoms. The first kappa shape index (κ1) is 12.1. The SMILES string of the molecule is CCCCc1nc(N)sc1Cc1ccccc1. The largest absolute Gasteiger partial charge is 0.375 e. The zero-order chi connectivity index (χ0) is 12.1. The van der Waals surface area contributed by atoms with Gasteiger partial charge in [0.25, 0.3) is 0 Å². The molecule has 0 aliphatic carbocycles. The standard InChI is InChI=1S/C14H18N2S/c1-2-3-9-12-13(17-14(15)16-12)10-11-7-5-4-6-8-11/h4-8H,2-3,9-10H2,1H3,(H2,15,16). The zero-order valence-corrected chi connectivity index (χ0v) is 11.0. The molecule has 90 valence electrons. The van der Waals surface area contributed by atoms with Crippen molar-refractivity contribution in [2.75, 3.05) is 5.73 Å². The zero-order valence-electron chi connectivity index (χ0n) is 10.1. The normalized spacial score (nSPS) is 10.6. The van der Waals surface area contributed by atoms with Crippen LogP contribution in [-0.4, -0.2) is 4.98 Å². The van der Waals surface area contributed by atoms with E-state index in [1.807, 2.05) is 6.07 Å². The van der Waals surface area contributed by atoms with Crippen molar-refractivity contribution < 1.29 is 0 Å². The fraction of sp³-hybridized carbons (Fsp3) is 0.357. The number of anilines is 1. The smallest absolute Gasteiger partial charge is 0.180 e. The molecule has 0 bridgehead atoms. The fourth-order valence-electron chi connectivity index (χ4n) is 1.86. The summed E-state index contributed by atoms with van der Waals surface area (Å²) < 4.78 is 0. The maximum absolute atomic E-state index is 5.81. The van der Waals surface area contributed by atoms with Gasteiger partial charge < -0.3 is 5.73 Å². The molecular weight excluding hydrogens is 228 g/mol. The highest BCUT2D eigenvalue weighted by molar-refractivity contribution is 7.15. The Kier molecular flexibility index (Phi) is 4.15. The summed E-state index contributed by atoms with van der Waals surface area (Å²) in [5.74, 6) is 0. The van der Waals surface area contributed by atoms with Gasteiger partial charge in [0.1, 0.15) is 0 Å². The maximum Gasteiger partial charge on any atom is 0.180 e. The molecule has 2 nitrogen and oxygen atoms in total. The van der Waals surface area contributed by atoms with E-state index in [1.165, 1.54) is 29.0 Å². The molecule has 0 saturated carbocycles. The number of aromatic nitrogens is 1. The number of aryl methyl sites for hydroxylation is 1. The third kappa shape index (κ3) is 3.30. The van der Waals surface area contributed by atoms with Crippen LogP contribution in [0.1, 0.15) is 35.9 Å². The second kappa shape index (κ2) is 5.82. The lowest BCUT2D eigenvalue weighted by Crippen LogP contribution is -1.93. The van der Waals surface area contributed by atoms with Crippen LogP contribution >= 0.6 is 11.3 Å². The van der Waals surface area contributed by atoms with Crippen molar-refractivity contribution in [3.05, 3.63) is 46.5 Å². The van der Waals surface area contributed by atoms with Crippen LogP contribution in [0.25, 0.3) is 0 Å². The van der Waals surface area contributed by atoms with Crippen molar-refractivity contribution in [1.29, 1.82) is 0 Å². The topological polar surface area (TPSA) is 38.9 Å². The highest BCUT2D eigenvalue weighted by atomic mass is 32.1. The first-order valence-corrected chi connectivity index (χ1v) is 6.89. The molecular formula is C14H18N2S. The second-order valence-corrected chi connectivity index (χ2v) is 5.30. The summed E-state index contributed by atoms with van der Waals surface area (Å²) in [5, 5.41) is 0.696. The molecule has 0 saturated heterocycles. The van der Waals surface area contributed by atoms with Crippen molar-refractivity contribution in [3.8, 4) is 0 Å². The van der Waals surface area contributed by atoms with Crippen molar-refractivity contribution >= 4 is 16.5 Å². The fourth-order valence-corrected chi connectivity index (χ4v) is 2.77. The molecule has 2 N–H and O–H groups in total. The Morgan fingerprint density at radius 2 is 2.00 bits per heavy atom. The molecule has 0 aliphatic rings. The monoisotopic (exact) mass is 246 g/mol. The minimum atomic E-state index is 0.696. The van der Waals surface area contributed by atoms with Gasteiger partial charge in [-0.15, -0.1) is 11.3 Å². The van der Waals surface area contributed by atoms with E-state index in [1.54, 1.807) is 11.3 Å². The average Bonchev–Trinajstić information content (AvgIpc) is 2.68. The predicted molar refractivity (Wildman–Crippen MR) is 74.4 cm³/mol. The van der Waals surface area contributed by atoms with Crippen LogP contribution in [0, 0.1) is 0 Å². The van der Waals surface area contributed by atoms with Gasteiger partial charge in [-0.25, -0.2) is 4.98 Å². The van der Waals surface area contributed by atoms with Crippen LogP contribution in [0.15, 0.2) is 30.3 Å². The molecule has 0 spiro atoms. The lowest BCUT2D eigenvalue weighted by molar-refractivity contribution is 0.775. The number of hydrogen-bond acceptors (Lipinski definition) is 3. The third-order valence-corrected chi connectivity index (χ3v) is 3.70. The number of nitrogens with two attached hydrogens (primary N) is 1. The van der Waals surface area contributed by atoms with E-state index >= 15 is 0 Å². The summed E-state index contributed by atoms with van der Waals surface area (Å²) in [6.07, 6.45) is 4.38. The van der Waals surface area contributed by atoms with Gasteiger partial charge in [0.2, 0.25) is 0 Å². The predicted octanol–water partition coefficient (Wildman–Crippen LogP) is 3.66. The Balaban J connectivity index is 2.14. The highest BCUT2D eigenvalue weighted by Gasteiger charge is 2.09. The Bertz CT molecular complexity index is 462. The van der Waals surface area contributed by atoms with E-state index in [0.29, 0.717) is 5.13 Å². The Hall–Kier alpha value is -1.35. The van der Waals surface area contributed by atoms with Crippen LogP contribution in [0.4, 0.5) is 5.13 Å². The summed E-state index contributed by atoms with van der Waals surface area (Å²) in [5.41, 5.74) is 8.33. The molecule has 0 fully saturated rings. The molecule has 2 aromatic rings. The van der Waals surface area contributed by atoms with Gasteiger partial charge in [-0.1, -0.05) is 43.7 Å². The van der Waals surface area contributed by atoms with E-state index in [4.69, 9.17) is 5.73 Å². The first-order valence-electron chi connectivity index (χ1n) is 6.07. The van der Waals surface area contributed by atoms with Crippen LogP contribution in [0.2, 0.25) is 0 Å². The summed E-state index contributed by atoms with van der Waals surface area (Å²) >= 11 is 1.63. The lowest BCUT2D eigenvalue weighted by Gasteiger charge is -2.01. The summed E-state index contributed by atoms with van der Waals surface area (Å²) in [6.45, 7) is 2.20. The Morgan fingerprint density at radius 1 is 1.24 bits per heavy atom. The molecule has 0 radical (unpaired) electrons. The van der Waals surface area contributed by atoms with Gasteiger partial charge in [-0.3, -0.25) is 0 Å². The molecule has 0 unspecified atom stereocenters. The Labute approximate surface area is 107 Å². The van der Waals surface area contributed by atoms with Gasteiger partial charge in [0.05, 0.1) is 5.69 Å². The second-order valence-electron chi connectivity index (χ2n) is 4.19. The number of unbranched alkanes of at least 4 members (excludes halogenated alkanes) is 1. The quantitative estimate of drug-likeness (QED) is 0.874. The van der Waals surface area contributed by atoms with E-state index in [2.05, 4.69) is 36.2 Å². The van der Waals surface area contributed by atoms with E-state index < -0.39 is 0 Å². The van der Waals surface area contributed by atoms with Crippen molar-refractivity contribution in [1.82, 2.24) is 4.98 Å². The molecule has 0 aliphatic heterocycles. The van der Waals surface area contributed by atoms with Crippen molar-refractivity contribution in [2.24, 2.45) is 0 Å². The van der Waals surface area contributed by atoms with E-state index in [9.17, 15) is 0 Å². The lowest BCUT2D eigenvalue weighted by atomic mass is 10.1. The molecule has 0 amide bonds. The molecule has 1 heterocycles. The minimum Gasteiger partial charge on any atom is -0.375 e. The van der Waals surface area contributed by atoms with Crippen molar-refractivity contribution in [3.63, 3.8) is 0 Å². The van der Waals surface area contributed by atoms with Gasteiger partial charge in [0.15, 0.2) is 5.13 Å².